The molecule has 2 aromatic heterocycles. The van der Waals surface area contributed by atoms with E-state index in [0.29, 0.717) is 22.4 Å². The molecule has 0 unspecified atom stereocenters. The summed E-state index contributed by atoms with van der Waals surface area (Å²) in [4.78, 5) is 33.0. The third-order valence-electron chi connectivity index (χ3n) is 5.26. The molecule has 29 heavy (non-hydrogen) atoms. The van der Waals surface area contributed by atoms with Crippen LogP contribution in [0.5, 0.6) is 0 Å². The number of amides is 1. The van der Waals surface area contributed by atoms with Crippen LogP contribution in [0.1, 0.15) is 39.0 Å². The maximum Gasteiger partial charge on any atom is 0.296 e. The fourth-order valence-electron chi connectivity index (χ4n) is 3.94. The Morgan fingerprint density at radius 3 is 2.48 bits per heavy atom. The molecule has 4 aromatic rings. The zero-order valence-electron chi connectivity index (χ0n) is 16.0. The lowest BCUT2D eigenvalue weighted by Gasteiger charge is -2.24. The highest BCUT2D eigenvalue weighted by atomic mass is 16.3. The molecule has 5 heteroatoms. The monoisotopic (exact) mass is 382 g/mol. The number of carbonyl (C=O) groups excluding carboxylic acids is 1. The highest BCUT2D eigenvalue weighted by Crippen LogP contribution is 2.40. The molecule has 2 aromatic carbocycles. The van der Waals surface area contributed by atoms with Gasteiger partial charge in [0.25, 0.3) is 5.91 Å². The molecule has 0 radical (unpaired) electrons. The van der Waals surface area contributed by atoms with Crippen LogP contribution in [-0.4, -0.2) is 10.9 Å². The third-order valence-corrected chi connectivity index (χ3v) is 5.26. The molecule has 3 heterocycles. The molecule has 0 saturated carbocycles. The maximum absolute atomic E-state index is 13.5. The highest BCUT2D eigenvalue weighted by Gasteiger charge is 2.44. The molecule has 0 saturated heterocycles. The van der Waals surface area contributed by atoms with Crippen molar-refractivity contribution >= 4 is 22.7 Å². The molecule has 0 spiro atoms. The second-order valence-corrected chi connectivity index (χ2v) is 7.30. The van der Waals surface area contributed by atoms with E-state index in [1.165, 1.54) is 0 Å². The molecule has 1 amide bonds. The summed E-state index contributed by atoms with van der Waals surface area (Å²) in [5.41, 5.74) is 3.19. The SMILES string of the molecule is Cc1ccc2oc3c(c(=O)c2c1)[C@H](c1ccccc1)N(c1cccc(C)n1)C3=O. The second kappa shape index (κ2) is 6.41. The summed E-state index contributed by atoms with van der Waals surface area (Å²) < 4.78 is 5.97. The number of hydrogen-bond donors (Lipinski definition) is 0. The number of rotatable bonds is 2. The summed E-state index contributed by atoms with van der Waals surface area (Å²) in [5, 5.41) is 0.483. The zero-order chi connectivity index (χ0) is 20.1. The molecule has 0 aliphatic carbocycles. The Kier molecular flexibility index (Phi) is 3.84. The van der Waals surface area contributed by atoms with Crippen LogP contribution >= 0.6 is 0 Å². The summed E-state index contributed by atoms with van der Waals surface area (Å²) in [5.74, 6) is 0.227. The number of aromatic nitrogens is 1. The van der Waals surface area contributed by atoms with E-state index < -0.39 is 6.04 Å². The van der Waals surface area contributed by atoms with Crippen LogP contribution in [0.2, 0.25) is 0 Å². The number of pyridine rings is 1. The Morgan fingerprint density at radius 2 is 1.72 bits per heavy atom. The smallest absolute Gasteiger partial charge is 0.296 e. The topological polar surface area (TPSA) is 63.4 Å². The van der Waals surface area contributed by atoms with Crippen molar-refractivity contribution in [1.82, 2.24) is 4.98 Å². The predicted octanol–water partition coefficient (Wildman–Crippen LogP) is 4.55. The first-order valence-corrected chi connectivity index (χ1v) is 9.44. The molecule has 5 rings (SSSR count). The molecule has 0 fully saturated rings. The number of hydrogen-bond acceptors (Lipinski definition) is 4. The molecule has 1 atom stereocenters. The number of anilines is 1. The van der Waals surface area contributed by atoms with E-state index in [0.717, 1.165) is 16.8 Å². The minimum absolute atomic E-state index is 0.0866. The fourth-order valence-corrected chi connectivity index (χ4v) is 3.94. The van der Waals surface area contributed by atoms with Crippen LogP contribution < -0.4 is 10.3 Å². The van der Waals surface area contributed by atoms with Gasteiger partial charge in [0.2, 0.25) is 5.76 Å². The van der Waals surface area contributed by atoms with Gasteiger partial charge >= 0.3 is 0 Å². The van der Waals surface area contributed by atoms with Crippen LogP contribution in [-0.2, 0) is 0 Å². The summed E-state index contributed by atoms with van der Waals surface area (Å²) in [6.45, 7) is 3.80. The van der Waals surface area contributed by atoms with Crippen molar-refractivity contribution < 1.29 is 9.21 Å². The first-order chi connectivity index (χ1) is 14.0. The summed E-state index contributed by atoms with van der Waals surface area (Å²) in [7, 11) is 0. The van der Waals surface area contributed by atoms with Crippen molar-refractivity contribution in [3.05, 3.63) is 105 Å². The number of aryl methyl sites for hydroxylation is 2. The Labute approximate surface area is 167 Å². The van der Waals surface area contributed by atoms with Gasteiger partial charge in [0.05, 0.1) is 17.0 Å². The number of carbonyl (C=O) groups is 1. The van der Waals surface area contributed by atoms with Gasteiger partial charge in [-0.1, -0.05) is 48.0 Å². The van der Waals surface area contributed by atoms with Gasteiger partial charge in [0.15, 0.2) is 5.43 Å². The van der Waals surface area contributed by atoms with Crippen LogP contribution in [0.4, 0.5) is 5.82 Å². The van der Waals surface area contributed by atoms with Gasteiger partial charge in [-0.2, -0.15) is 0 Å². The first-order valence-electron chi connectivity index (χ1n) is 9.44. The Balaban J connectivity index is 1.84. The number of nitrogens with zero attached hydrogens (tertiary/aromatic N) is 2. The van der Waals surface area contributed by atoms with Gasteiger partial charge in [-0.3, -0.25) is 14.5 Å². The zero-order valence-corrected chi connectivity index (χ0v) is 16.0. The minimum Gasteiger partial charge on any atom is -0.450 e. The molecule has 142 valence electrons. The quantitative estimate of drug-likeness (QED) is 0.510. The van der Waals surface area contributed by atoms with Crippen molar-refractivity contribution in [2.75, 3.05) is 4.90 Å². The van der Waals surface area contributed by atoms with Crippen LogP contribution in [0.25, 0.3) is 11.0 Å². The molecule has 5 nitrogen and oxygen atoms in total. The van der Waals surface area contributed by atoms with E-state index in [2.05, 4.69) is 4.98 Å². The average molecular weight is 382 g/mol. The lowest BCUT2D eigenvalue weighted by Crippen LogP contribution is -2.30. The van der Waals surface area contributed by atoms with Gasteiger partial charge in [0.1, 0.15) is 11.4 Å². The molecule has 0 N–H and O–H groups in total. The minimum atomic E-state index is -0.589. The molecular weight excluding hydrogens is 364 g/mol. The molecule has 1 aliphatic heterocycles. The van der Waals surface area contributed by atoms with Crippen molar-refractivity contribution in [1.29, 1.82) is 0 Å². The highest BCUT2D eigenvalue weighted by molar-refractivity contribution is 6.10. The maximum atomic E-state index is 13.5. The normalized spacial score (nSPS) is 15.7. The van der Waals surface area contributed by atoms with E-state index in [9.17, 15) is 9.59 Å². The standard InChI is InChI=1S/C24H18N2O3/c1-14-11-12-18-17(13-14)22(27)20-21(16-8-4-3-5-9-16)26(24(28)23(20)29-18)19-10-6-7-15(2)25-19/h3-13,21H,1-2H3/t21-/m0/s1. The van der Waals surface area contributed by atoms with Crippen molar-refractivity contribution in [2.24, 2.45) is 0 Å². The van der Waals surface area contributed by atoms with Gasteiger partial charge in [-0.25, -0.2) is 4.98 Å². The van der Waals surface area contributed by atoms with Gasteiger partial charge in [-0.05, 0) is 43.7 Å². The fraction of sp³-hybridized carbons (Fsp3) is 0.125. The van der Waals surface area contributed by atoms with Crippen molar-refractivity contribution in [2.45, 2.75) is 19.9 Å². The predicted molar refractivity (Wildman–Crippen MR) is 111 cm³/mol. The molecular formula is C24H18N2O3. The lowest BCUT2D eigenvalue weighted by molar-refractivity contribution is 0.0970. The van der Waals surface area contributed by atoms with E-state index >= 15 is 0 Å². The Morgan fingerprint density at radius 1 is 0.931 bits per heavy atom. The Hall–Kier alpha value is -3.73. The number of benzene rings is 2. The van der Waals surface area contributed by atoms with Crippen LogP contribution in [0, 0.1) is 13.8 Å². The van der Waals surface area contributed by atoms with E-state index in [1.807, 2.05) is 68.4 Å². The number of fused-ring (bicyclic) bond motifs is 2. The van der Waals surface area contributed by atoms with E-state index in [1.54, 1.807) is 17.0 Å². The van der Waals surface area contributed by atoms with Crippen molar-refractivity contribution in [3.63, 3.8) is 0 Å². The second-order valence-electron chi connectivity index (χ2n) is 7.30. The van der Waals surface area contributed by atoms with E-state index in [-0.39, 0.29) is 17.1 Å². The summed E-state index contributed by atoms with van der Waals surface area (Å²) in [6.07, 6.45) is 0. The lowest BCUT2D eigenvalue weighted by atomic mass is 9.98. The summed E-state index contributed by atoms with van der Waals surface area (Å²) in [6, 6.07) is 19.8. The average Bonchev–Trinajstić information content (AvgIpc) is 3.02. The molecule has 0 bridgehead atoms. The van der Waals surface area contributed by atoms with Crippen LogP contribution in [0.3, 0.4) is 0 Å². The largest absolute Gasteiger partial charge is 0.450 e. The van der Waals surface area contributed by atoms with Crippen LogP contribution in [0.15, 0.2) is 75.9 Å². The van der Waals surface area contributed by atoms with Gasteiger partial charge in [-0.15, -0.1) is 0 Å². The third kappa shape index (κ3) is 2.66. The molecule has 1 aliphatic rings. The first kappa shape index (κ1) is 17.4. The van der Waals surface area contributed by atoms with Gasteiger partial charge in [0, 0.05) is 5.69 Å². The van der Waals surface area contributed by atoms with Gasteiger partial charge < -0.3 is 4.42 Å². The van der Waals surface area contributed by atoms with Crippen molar-refractivity contribution in [3.8, 4) is 0 Å². The van der Waals surface area contributed by atoms with E-state index in [4.69, 9.17) is 4.42 Å². The Bertz CT molecular complexity index is 1330. The summed E-state index contributed by atoms with van der Waals surface area (Å²) >= 11 is 0.